The molecule has 0 spiro atoms. The first kappa shape index (κ1) is 15.3. The topological polar surface area (TPSA) is 35.5 Å². The molecule has 0 saturated carbocycles. The molecule has 0 amide bonds. The number of carbonyl (C=O) groups excluding carboxylic acids is 1. The third-order valence-corrected chi connectivity index (χ3v) is 4.27. The monoisotopic (exact) mass is 296 g/mol. The van der Waals surface area contributed by atoms with Gasteiger partial charge in [0.15, 0.2) is 0 Å². The van der Waals surface area contributed by atoms with E-state index in [0.29, 0.717) is 16.5 Å². The normalized spacial score (nSPS) is 16.1. The number of rotatable bonds is 4. The van der Waals surface area contributed by atoms with E-state index in [-0.39, 0.29) is 5.97 Å². The van der Waals surface area contributed by atoms with Crippen molar-refractivity contribution < 1.29 is 14.3 Å². The summed E-state index contributed by atoms with van der Waals surface area (Å²) in [6, 6.07) is 3.64. The number of hydrogen-bond acceptors (Lipinski definition) is 3. The van der Waals surface area contributed by atoms with Crippen LogP contribution in [-0.2, 0) is 15.9 Å². The molecule has 0 unspecified atom stereocenters. The Morgan fingerprint density at radius 2 is 2.10 bits per heavy atom. The maximum Gasteiger partial charge on any atom is 0.338 e. The van der Waals surface area contributed by atoms with Crippen molar-refractivity contribution in [1.29, 1.82) is 0 Å². The highest BCUT2D eigenvalue weighted by molar-refractivity contribution is 6.31. The lowest BCUT2D eigenvalue weighted by Gasteiger charge is -2.22. The molecule has 110 valence electrons. The lowest BCUT2D eigenvalue weighted by atomic mass is 9.90. The standard InChI is InChI=1S/C16H21ClO3/c1-11-13(4-3-12-5-7-20-8-6-12)9-14(17)10-15(11)16(18)19-2/h9-10,12H,3-8H2,1-2H3. The highest BCUT2D eigenvalue weighted by Gasteiger charge is 2.17. The second-order valence-electron chi connectivity index (χ2n) is 5.32. The summed E-state index contributed by atoms with van der Waals surface area (Å²) in [4.78, 5) is 11.7. The smallest absolute Gasteiger partial charge is 0.338 e. The van der Waals surface area contributed by atoms with Crippen LogP contribution in [0, 0.1) is 12.8 Å². The van der Waals surface area contributed by atoms with Crippen molar-refractivity contribution in [3.05, 3.63) is 33.8 Å². The number of carbonyl (C=O) groups is 1. The predicted octanol–water partition coefficient (Wildman–Crippen LogP) is 3.79. The Bertz CT molecular complexity index is 479. The number of ether oxygens (including phenoxy) is 2. The Balaban J connectivity index is 2.10. The minimum atomic E-state index is -0.322. The predicted molar refractivity (Wildman–Crippen MR) is 79.4 cm³/mol. The van der Waals surface area contributed by atoms with Gasteiger partial charge in [0, 0.05) is 18.2 Å². The second-order valence-corrected chi connectivity index (χ2v) is 5.76. The maximum absolute atomic E-state index is 11.7. The third kappa shape index (κ3) is 3.74. The fourth-order valence-corrected chi connectivity index (χ4v) is 2.95. The Kier molecular flexibility index (Phi) is 5.44. The average molecular weight is 297 g/mol. The fraction of sp³-hybridized carbons (Fsp3) is 0.562. The molecule has 2 rings (SSSR count). The molecule has 1 saturated heterocycles. The van der Waals surface area contributed by atoms with Gasteiger partial charge in [0.25, 0.3) is 0 Å². The Hall–Kier alpha value is -1.06. The molecule has 0 radical (unpaired) electrons. The summed E-state index contributed by atoms with van der Waals surface area (Å²) in [7, 11) is 1.39. The van der Waals surface area contributed by atoms with Crippen LogP contribution in [0.4, 0.5) is 0 Å². The molecule has 1 heterocycles. The van der Waals surface area contributed by atoms with Crippen LogP contribution in [0.3, 0.4) is 0 Å². The van der Waals surface area contributed by atoms with E-state index in [2.05, 4.69) is 0 Å². The maximum atomic E-state index is 11.7. The number of benzene rings is 1. The van der Waals surface area contributed by atoms with E-state index in [0.717, 1.165) is 50.0 Å². The first-order valence-corrected chi connectivity index (χ1v) is 7.44. The van der Waals surface area contributed by atoms with Crippen LogP contribution in [0.15, 0.2) is 12.1 Å². The molecule has 20 heavy (non-hydrogen) atoms. The average Bonchev–Trinajstić information content (AvgIpc) is 2.48. The van der Waals surface area contributed by atoms with Gasteiger partial charge >= 0.3 is 5.97 Å². The van der Waals surface area contributed by atoms with Gasteiger partial charge in [-0.15, -0.1) is 0 Å². The highest BCUT2D eigenvalue weighted by Crippen LogP contribution is 2.26. The zero-order valence-corrected chi connectivity index (χ0v) is 12.8. The van der Waals surface area contributed by atoms with Crippen molar-refractivity contribution in [2.24, 2.45) is 5.92 Å². The summed E-state index contributed by atoms with van der Waals surface area (Å²) in [6.45, 7) is 3.70. The molecular weight excluding hydrogens is 276 g/mol. The van der Waals surface area contributed by atoms with Gasteiger partial charge in [-0.3, -0.25) is 0 Å². The van der Waals surface area contributed by atoms with Crippen molar-refractivity contribution in [2.45, 2.75) is 32.6 Å². The minimum absolute atomic E-state index is 0.322. The first-order valence-electron chi connectivity index (χ1n) is 7.07. The molecular formula is C16H21ClO3. The molecule has 1 aromatic carbocycles. The van der Waals surface area contributed by atoms with Gasteiger partial charge in [-0.1, -0.05) is 11.6 Å². The molecule has 1 aliphatic rings. The third-order valence-electron chi connectivity index (χ3n) is 4.05. The van der Waals surface area contributed by atoms with Gasteiger partial charge in [-0.25, -0.2) is 4.79 Å². The lowest BCUT2D eigenvalue weighted by molar-refractivity contribution is 0.0599. The van der Waals surface area contributed by atoms with Crippen LogP contribution in [0.1, 0.15) is 40.7 Å². The Labute approximate surface area is 125 Å². The molecule has 1 aromatic rings. The van der Waals surface area contributed by atoms with E-state index in [1.54, 1.807) is 6.07 Å². The van der Waals surface area contributed by atoms with Gasteiger partial charge in [-0.2, -0.15) is 0 Å². The molecule has 4 heteroatoms. The van der Waals surface area contributed by atoms with Gasteiger partial charge < -0.3 is 9.47 Å². The number of hydrogen-bond donors (Lipinski definition) is 0. The molecule has 0 aromatic heterocycles. The van der Waals surface area contributed by atoms with Crippen molar-refractivity contribution in [2.75, 3.05) is 20.3 Å². The van der Waals surface area contributed by atoms with Crippen LogP contribution in [-0.4, -0.2) is 26.3 Å². The fourth-order valence-electron chi connectivity index (χ4n) is 2.71. The van der Waals surface area contributed by atoms with Crippen molar-refractivity contribution in [3.63, 3.8) is 0 Å². The molecule has 1 fully saturated rings. The van der Waals surface area contributed by atoms with Crippen LogP contribution in [0.2, 0.25) is 5.02 Å². The van der Waals surface area contributed by atoms with Gasteiger partial charge in [-0.05, 0) is 61.8 Å². The van der Waals surface area contributed by atoms with E-state index >= 15 is 0 Å². The van der Waals surface area contributed by atoms with Gasteiger partial charge in [0.05, 0.1) is 12.7 Å². The molecule has 0 atom stereocenters. The zero-order chi connectivity index (χ0) is 14.5. The quantitative estimate of drug-likeness (QED) is 0.793. The summed E-state index contributed by atoms with van der Waals surface area (Å²) in [5, 5.41) is 0.595. The second kappa shape index (κ2) is 7.09. The number of halogens is 1. The Morgan fingerprint density at radius 3 is 2.75 bits per heavy atom. The summed E-state index contributed by atoms with van der Waals surface area (Å²) >= 11 is 6.12. The van der Waals surface area contributed by atoms with E-state index in [9.17, 15) is 4.79 Å². The number of methoxy groups -OCH3 is 1. The molecule has 0 N–H and O–H groups in total. The highest BCUT2D eigenvalue weighted by atomic mass is 35.5. The SMILES string of the molecule is COC(=O)c1cc(Cl)cc(CCC2CCOCC2)c1C. The van der Waals surface area contributed by atoms with Crippen LogP contribution >= 0.6 is 11.6 Å². The molecule has 0 bridgehead atoms. The van der Waals surface area contributed by atoms with Gasteiger partial charge in [0.2, 0.25) is 0 Å². The summed E-state index contributed by atoms with van der Waals surface area (Å²) < 4.78 is 10.2. The lowest BCUT2D eigenvalue weighted by Crippen LogP contribution is -2.16. The Morgan fingerprint density at radius 1 is 1.40 bits per heavy atom. The first-order chi connectivity index (χ1) is 9.61. The number of aryl methyl sites for hydroxylation is 1. The van der Waals surface area contributed by atoms with Crippen LogP contribution in [0.5, 0.6) is 0 Å². The van der Waals surface area contributed by atoms with Crippen LogP contribution < -0.4 is 0 Å². The summed E-state index contributed by atoms with van der Waals surface area (Å²) in [6.07, 6.45) is 4.32. The van der Waals surface area contributed by atoms with Crippen molar-refractivity contribution >= 4 is 17.6 Å². The zero-order valence-electron chi connectivity index (χ0n) is 12.1. The molecule has 1 aliphatic heterocycles. The molecule has 0 aliphatic carbocycles. The number of esters is 1. The largest absolute Gasteiger partial charge is 0.465 e. The van der Waals surface area contributed by atoms with Crippen molar-refractivity contribution in [3.8, 4) is 0 Å². The van der Waals surface area contributed by atoms with Crippen molar-refractivity contribution in [1.82, 2.24) is 0 Å². The van der Waals surface area contributed by atoms with Crippen LogP contribution in [0.25, 0.3) is 0 Å². The van der Waals surface area contributed by atoms with E-state index in [1.807, 2.05) is 13.0 Å². The van der Waals surface area contributed by atoms with E-state index < -0.39 is 0 Å². The van der Waals surface area contributed by atoms with E-state index in [1.165, 1.54) is 7.11 Å². The molecule has 3 nitrogen and oxygen atoms in total. The summed E-state index contributed by atoms with van der Waals surface area (Å²) in [5.74, 6) is 0.390. The summed E-state index contributed by atoms with van der Waals surface area (Å²) in [5.41, 5.74) is 2.69. The van der Waals surface area contributed by atoms with Gasteiger partial charge in [0.1, 0.15) is 0 Å². The minimum Gasteiger partial charge on any atom is -0.465 e. The van der Waals surface area contributed by atoms with E-state index in [4.69, 9.17) is 21.1 Å².